The summed E-state index contributed by atoms with van der Waals surface area (Å²) < 4.78 is 39.2. The summed E-state index contributed by atoms with van der Waals surface area (Å²) in [5.74, 6) is 5.16. The van der Waals surface area contributed by atoms with Crippen LogP contribution in [0, 0.1) is 0 Å². The molecule has 0 saturated carbocycles. The highest BCUT2D eigenvalue weighted by molar-refractivity contribution is 9.11. The number of benzene rings is 4. The molecule has 4 aromatic carbocycles. The van der Waals surface area contributed by atoms with Crippen LogP contribution in [0.15, 0.2) is 57.5 Å². The minimum atomic E-state index is -0.0712. The summed E-state index contributed by atoms with van der Waals surface area (Å²) in [6.07, 6.45) is 3.23. The van der Waals surface area contributed by atoms with Gasteiger partial charge in [0, 0.05) is 35.2 Å². The second-order valence-electron chi connectivity index (χ2n) is 12.6. The molecular weight excluding hydrogens is 740 g/mol. The minimum absolute atomic E-state index is 0.0712. The first-order chi connectivity index (χ1) is 23.2. The predicted molar refractivity (Wildman–Crippen MR) is 193 cm³/mol. The Morgan fingerprint density at radius 3 is 2.06 bits per heavy atom. The van der Waals surface area contributed by atoms with E-state index in [0.717, 1.165) is 63.7 Å². The molecule has 0 saturated heterocycles. The summed E-state index contributed by atoms with van der Waals surface area (Å²) >= 11 is 7.74. The maximum absolute atomic E-state index is 7.08. The molecule has 4 aromatic rings. The zero-order valence-corrected chi connectivity index (χ0v) is 31.3. The van der Waals surface area contributed by atoms with E-state index in [4.69, 9.17) is 28.4 Å². The van der Waals surface area contributed by atoms with Crippen LogP contribution in [0.5, 0.6) is 46.0 Å². The molecule has 0 radical (unpaired) electrons. The molecule has 0 aliphatic carbocycles. The van der Waals surface area contributed by atoms with Crippen molar-refractivity contribution in [2.75, 3.05) is 55.6 Å². The average molecular weight is 781 g/mol. The lowest BCUT2D eigenvalue weighted by Gasteiger charge is -2.38. The normalized spacial score (nSPS) is 18.9. The van der Waals surface area contributed by atoms with Gasteiger partial charge in [-0.2, -0.15) is 0 Å². The Balaban J connectivity index is 1.50. The van der Waals surface area contributed by atoms with Crippen LogP contribution in [0.25, 0.3) is 0 Å². The number of likely N-dealkylation sites (N-methyl/N-ethyl adjacent to an activating group) is 2. The van der Waals surface area contributed by atoms with E-state index in [1.807, 2.05) is 18.2 Å². The molecule has 252 valence electrons. The fourth-order valence-corrected chi connectivity index (χ4v) is 8.62. The van der Waals surface area contributed by atoms with Crippen molar-refractivity contribution in [3.05, 3.63) is 90.9 Å². The quantitative estimate of drug-likeness (QED) is 0.204. The molecular formula is C38H40Br2N2O6. The van der Waals surface area contributed by atoms with Gasteiger partial charge < -0.3 is 28.4 Å². The first-order valence-electron chi connectivity index (χ1n) is 16.1. The summed E-state index contributed by atoms with van der Waals surface area (Å²) in [6.45, 7) is 1.80. The third kappa shape index (κ3) is 5.80. The fourth-order valence-electron chi connectivity index (χ4n) is 7.38. The van der Waals surface area contributed by atoms with Crippen molar-refractivity contribution in [2.45, 2.75) is 37.8 Å². The highest BCUT2D eigenvalue weighted by atomic mass is 79.9. The summed E-state index contributed by atoms with van der Waals surface area (Å²) in [6, 6.07) is 16.8. The highest BCUT2D eigenvalue weighted by Gasteiger charge is 2.37. The van der Waals surface area contributed by atoms with E-state index in [1.54, 1.807) is 28.4 Å². The van der Waals surface area contributed by atoms with Gasteiger partial charge in [0.05, 0.1) is 32.9 Å². The summed E-state index contributed by atoms with van der Waals surface area (Å²) in [5.41, 5.74) is 6.97. The van der Waals surface area contributed by atoms with Crippen LogP contribution in [-0.2, 0) is 25.7 Å². The van der Waals surface area contributed by atoms with Crippen molar-refractivity contribution in [3.63, 3.8) is 0 Å². The van der Waals surface area contributed by atoms with Crippen LogP contribution in [0.2, 0.25) is 0 Å². The Labute approximate surface area is 299 Å². The minimum Gasteiger partial charge on any atom is -0.493 e. The highest BCUT2D eigenvalue weighted by Crippen LogP contribution is 2.55. The Morgan fingerprint density at radius 1 is 0.688 bits per heavy atom. The molecule has 0 spiro atoms. The zero-order valence-electron chi connectivity index (χ0n) is 28.1. The molecule has 48 heavy (non-hydrogen) atoms. The van der Waals surface area contributed by atoms with Gasteiger partial charge in [0.25, 0.3) is 0 Å². The molecule has 2 atom stereocenters. The van der Waals surface area contributed by atoms with Gasteiger partial charge in [-0.25, -0.2) is 0 Å². The SMILES string of the molecule is COc1cc(Br)c2cc1Oc1ccc(cc1)C[C@H]1c3cc(c(OC)cc3CCN1C)Oc1c(OC)c(OC)c(Br)c3c1[C@@H](C2)N(C)CC3. The van der Waals surface area contributed by atoms with Crippen molar-refractivity contribution in [3.8, 4) is 46.0 Å². The number of rotatable bonds is 4. The summed E-state index contributed by atoms with van der Waals surface area (Å²) in [7, 11) is 11.0. The number of fused-ring (bicyclic) bond motifs is 2. The Bertz CT molecular complexity index is 1860. The van der Waals surface area contributed by atoms with Crippen molar-refractivity contribution >= 4 is 31.9 Å². The monoisotopic (exact) mass is 778 g/mol. The molecule has 0 unspecified atom stereocenters. The van der Waals surface area contributed by atoms with Crippen molar-refractivity contribution in [2.24, 2.45) is 0 Å². The molecule has 8 rings (SSSR count). The third-order valence-corrected chi connectivity index (χ3v) is 11.6. The van der Waals surface area contributed by atoms with Crippen LogP contribution in [-0.4, -0.2) is 65.4 Å². The third-order valence-electron chi connectivity index (χ3n) is 10.0. The van der Waals surface area contributed by atoms with Gasteiger partial charge in [-0.15, -0.1) is 0 Å². The topological polar surface area (TPSA) is 61.9 Å². The molecule has 6 bridgehead atoms. The second-order valence-corrected chi connectivity index (χ2v) is 14.3. The average Bonchev–Trinajstić information content (AvgIpc) is 3.09. The van der Waals surface area contributed by atoms with Gasteiger partial charge in [0.1, 0.15) is 5.75 Å². The zero-order chi connectivity index (χ0) is 33.7. The number of halogens is 2. The van der Waals surface area contributed by atoms with Gasteiger partial charge in [-0.1, -0.05) is 28.1 Å². The molecule has 0 aromatic heterocycles. The molecule has 4 heterocycles. The van der Waals surface area contributed by atoms with E-state index in [0.29, 0.717) is 46.7 Å². The van der Waals surface area contributed by atoms with Crippen molar-refractivity contribution in [1.29, 1.82) is 0 Å². The van der Waals surface area contributed by atoms with Gasteiger partial charge >= 0.3 is 0 Å². The van der Waals surface area contributed by atoms with Crippen LogP contribution >= 0.6 is 31.9 Å². The van der Waals surface area contributed by atoms with E-state index >= 15 is 0 Å². The van der Waals surface area contributed by atoms with Crippen LogP contribution in [0.1, 0.15) is 45.5 Å². The lowest BCUT2D eigenvalue weighted by Crippen LogP contribution is -2.34. The van der Waals surface area contributed by atoms with E-state index in [-0.39, 0.29) is 12.1 Å². The number of ether oxygens (including phenoxy) is 6. The standard InChI is InChI=1S/C38H40Br2N2O6/c1-41-13-11-22-17-30(43-3)33-19-26(22)28(41)15-21-7-9-24(10-8-21)47-32-18-23(27(39)20-31(32)44-4)16-29-34-25(12-14-42(29)2)35(40)37(45-5)38(46-6)36(34)48-33/h7-10,17-20,28-29H,11-16H2,1-6H3/t28-,29+/m0/s1. The predicted octanol–water partition coefficient (Wildman–Crippen LogP) is 8.69. The van der Waals surface area contributed by atoms with Crippen molar-refractivity contribution in [1.82, 2.24) is 9.80 Å². The van der Waals surface area contributed by atoms with Crippen LogP contribution < -0.4 is 28.4 Å². The maximum Gasteiger partial charge on any atom is 0.205 e. The van der Waals surface area contributed by atoms with E-state index in [1.165, 1.54) is 16.7 Å². The molecule has 10 heteroatoms. The Hall–Kier alpha value is -3.44. The fraction of sp³-hybridized carbons (Fsp3) is 0.368. The van der Waals surface area contributed by atoms with E-state index < -0.39 is 0 Å². The number of nitrogens with zero attached hydrogens (tertiary/aromatic N) is 2. The molecule has 0 amide bonds. The molecule has 0 N–H and O–H groups in total. The number of methoxy groups -OCH3 is 4. The first kappa shape index (κ1) is 33.1. The van der Waals surface area contributed by atoms with Crippen molar-refractivity contribution < 1.29 is 28.4 Å². The Kier molecular flexibility index (Phi) is 9.28. The molecule has 0 fully saturated rings. The van der Waals surface area contributed by atoms with E-state index in [9.17, 15) is 0 Å². The summed E-state index contributed by atoms with van der Waals surface area (Å²) in [4.78, 5) is 4.79. The maximum atomic E-state index is 7.08. The number of hydrogen-bond acceptors (Lipinski definition) is 8. The lowest BCUT2D eigenvalue weighted by molar-refractivity contribution is 0.219. The first-order valence-corrected chi connectivity index (χ1v) is 17.7. The van der Waals surface area contributed by atoms with Crippen LogP contribution in [0.4, 0.5) is 0 Å². The van der Waals surface area contributed by atoms with Gasteiger partial charge in [-0.3, -0.25) is 9.80 Å². The van der Waals surface area contributed by atoms with Gasteiger partial charge in [-0.05, 0) is 120 Å². The summed E-state index contributed by atoms with van der Waals surface area (Å²) in [5, 5.41) is 0. The number of hydrogen-bond donors (Lipinski definition) is 0. The molecule has 4 aliphatic heterocycles. The smallest absolute Gasteiger partial charge is 0.205 e. The van der Waals surface area contributed by atoms with Gasteiger partial charge in [0.2, 0.25) is 5.75 Å². The Morgan fingerprint density at radius 2 is 1.35 bits per heavy atom. The molecule has 4 aliphatic rings. The van der Waals surface area contributed by atoms with Crippen LogP contribution in [0.3, 0.4) is 0 Å². The largest absolute Gasteiger partial charge is 0.493 e. The lowest BCUT2D eigenvalue weighted by atomic mass is 9.87. The van der Waals surface area contributed by atoms with E-state index in [2.05, 4.69) is 86.1 Å². The second kappa shape index (κ2) is 13.5. The molecule has 8 nitrogen and oxygen atoms in total. The van der Waals surface area contributed by atoms with Gasteiger partial charge in [0.15, 0.2) is 34.5 Å².